The van der Waals surface area contributed by atoms with E-state index in [0.717, 1.165) is 22.0 Å². The summed E-state index contributed by atoms with van der Waals surface area (Å²) >= 11 is 0. The van der Waals surface area contributed by atoms with Crippen molar-refractivity contribution in [2.45, 2.75) is 0 Å². The van der Waals surface area contributed by atoms with E-state index in [1.807, 2.05) is 55.6 Å². The largest absolute Gasteiger partial charge is 0.360 e. The Morgan fingerprint density at radius 2 is 2.12 bits per heavy atom. The molecule has 25 heavy (non-hydrogen) atoms. The first-order chi connectivity index (χ1) is 12.2. The molecule has 2 aromatic carbocycles. The van der Waals surface area contributed by atoms with Crippen LogP contribution in [-0.4, -0.2) is 25.8 Å². The number of aromatic nitrogens is 4. The number of aromatic amines is 1. The predicted octanol–water partition coefficient (Wildman–Crippen LogP) is 3.24. The molecule has 2 heterocycles. The summed E-state index contributed by atoms with van der Waals surface area (Å²) in [4.78, 5) is 15.8. The fraction of sp³-hybridized carbons (Fsp3) is 0.0526. The highest BCUT2D eigenvalue weighted by Crippen LogP contribution is 2.22. The Morgan fingerprint density at radius 1 is 1.28 bits per heavy atom. The Kier molecular flexibility index (Phi) is 3.40. The lowest BCUT2D eigenvalue weighted by atomic mass is 10.0. The predicted molar refractivity (Wildman–Crippen MR) is 94.7 cm³/mol. The first kappa shape index (κ1) is 14.8. The van der Waals surface area contributed by atoms with Crippen LogP contribution in [0.25, 0.3) is 28.0 Å². The van der Waals surface area contributed by atoms with Gasteiger partial charge in [0.05, 0.1) is 5.52 Å². The first-order valence-corrected chi connectivity index (χ1v) is 7.69. The molecule has 4 rings (SSSR count). The van der Waals surface area contributed by atoms with E-state index in [4.69, 9.17) is 0 Å². The molecule has 6 heteroatoms. The Labute approximate surface area is 143 Å². The van der Waals surface area contributed by atoms with E-state index >= 15 is 0 Å². The molecule has 0 fully saturated rings. The minimum absolute atomic E-state index is 0.0768. The van der Waals surface area contributed by atoms with E-state index in [9.17, 15) is 10.1 Å². The topological polar surface area (TPSA) is 87.4 Å². The molecule has 0 aliphatic carbocycles. The van der Waals surface area contributed by atoms with Gasteiger partial charge in [-0.05, 0) is 29.8 Å². The van der Waals surface area contributed by atoms with Crippen molar-refractivity contribution >= 4 is 33.8 Å². The Hall–Kier alpha value is -3.72. The van der Waals surface area contributed by atoms with Crippen LogP contribution in [0, 0.1) is 11.3 Å². The second-order valence-corrected chi connectivity index (χ2v) is 5.71. The van der Waals surface area contributed by atoms with Gasteiger partial charge >= 0.3 is 0 Å². The van der Waals surface area contributed by atoms with E-state index in [2.05, 4.69) is 15.3 Å². The fourth-order valence-corrected chi connectivity index (χ4v) is 2.87. The number of nitriles is 1. The maximum Gasteiger partial charge on any atom is 0.205 e. The standard InChI is InChI=1S/C19H13N5O/c1-24-18-7-6-12(9-17(18)22-23-24)8-13(10-20)19(25)15-11-21-16-5-3-2-4-14(15)16/h2-9,11,21H,1H3/b13-8+. The molecule has 0 saturated carbocycles. The highest BCUT2D eigenvalue weighted by atomic mass is 16.1. The highest BCUT2D eigenvalue weighted by Gasteiger charge is 2.16. The SMILES string of the molecule is Cn1nnc2cc(/C=C(\C#N)C(=O)c3c[nH]c4ccccc34)ccc21. The average molecular weight is 327 g/mol. The number of nitrogens with zero attached hydrogens (tertiary/aromatic N) is 4. The number of hydrogen-bond donors (Lipinski definition) is 1. The lowest BCUT2D eigenvalue weighted by Crippen LogP contribution is -2.01. The molecule has 0 bridgehead atoms. The van der Waals surface area contributed by atoms with Crippen LogP contribution in [0.5, 0.6) is 0 Å². The van der Waals surface area contributed by atoms with Crippen LogP contribution in [0.4, 0.5) is 0 Å². The van der Waals surface area contributed by atoms with Crippen molar-refractivity contribution in [2.24, 2.45) is 7.05 Å². The minimum atomic E-state index is -0.306. The normalized spacial score (nSPS) is 11.8. The molecule has 2 aromatic heterocycles. The second kappa shape index (κ2) is 5.73. The number of Topliss-reactive ketones (excluding diaryl/α,β-unsaturated/α-hetero) is 1. The molecule has 0 aliphatic rings. The van der Waals surface area contributed by atoms with Crippen LogP contribution in [0.1, 0.15) is 15.9 Å². The van der Waals surface area contributed by atoms with E-state index in [0.29, 0.717) is 11.1 Å². The number of allylic oxidation sites excluding steroid dienone is 1. The summed E-state index contributed by atoms with van der Waals surface area (Å²) in [5.41, 5.74) is 3.77. The van der Waals surface area contributed by atoms with Crippen LogP contribution in [0.3, 0.4) is 0 Å². The maximum absolute atomic E-state index is 12.8. The molecule has 0 spiro atoms. The Morgan fingerprint density at radius 3 is 2.96 bits per heavy atom. The van der Waals surface area contributed by atoms with Gasteiger partial charge < -0.3 is 4.98 Å². The number of H-pyrrole nitrogens is 1. The zero-order chi connectivity index (χ0) is 17.4. The second-order valence-electron chi connectivity index (χ2n) is 5.71. The third-order valence-electron chi connectivity index (χ3n) is 4.14. The number of carbonyl (C=O) groups is 1. The number of ketones is 1. The van der Waals surface area contributed by atoms with Crippen molar-refractivity contribution in [1.29, 1.82) is 5.26 Å². The molecule has 120 valence electrons. The smallest absolute Gasteiger partial charge is 0.205 e. The van der Waals surface area contributed by atoms with Gasteiger partial charge in [-0.15, -0.1) is 5.10 Å². The summed E-state index contributed by atoms with van der Waals surface area (Å²) in [7, 11) is 1.81. The molecule has 0 amide bonds. The Balaban J connectivity index is 1.76. The molecular weight excluding hydrogens is 314 g/mol. The summed E-state index contributed by atoms with van der Waals surface area (Å²) in [5.74, 6) is -0.306. The number of rotatable bonds is 3. The number of para-hydroxylation sites is 1. The quantitative estimate of drug-likeness (QED) is 0.355. The third-order valence-corrected chi connectivity index (χ3v) is 4.14. The van der Waals surface area contributed by atoms with Crippen molar-refractivity contribution in [3.63, 3.8) is 0 Å². The maximum atomic E-state index is 12.8. The summed E-state index contributed by atoms with van der Waals surface area (Å²) in [6.45, 7) is 0. The number of hydrogen-bond acceptors (Lipinski definition) is 4. The summed E-state index contributed by atoms with van der Waals surface area (Å²) in [5, 5.41) is 18.3. The zero-order valence-electron chi connectivity index (χ0n) is 13.4. The molecule has 0 aliphatic heterocycles. The minimum Gasteiger partial charge on any atom is -0.360 e. The van der Waals surface area contributed by atoms with Gasteiger partial charge in [0.25, 0.3) is 0 Å². The highest BCUT2D eigenvalue weighted by molar-refractivity contribution is 6.19. The lowest BCUT2D eigenvalue weighted by molar-refractivity contribution is 0.104. The van der Waals surface area contributed by atoms with Gasteiger partial charge in [0, 0.05) is 29.7 Å². The molecule has 6 nitrogen and oxygen atoms in total. The Bertz CT molecular complexity index is 1190. The number of fused-ring (bicyclic) bond motifs is 2. The number of aryl methyl sites for hydroxylation is 1. The van der Waals surface area contributed by atoms with Gasteiger partial charge in [0.2, 0.25) is 5.78 Å². The van der Waals surface area contributed by atoms with Gasteiger partial charge in [-0.1, -0.05) is 29.5 Å². The summed E-state index contributed by atoms with van der Waals surface area (Å²) in [6, 6.07) is 15.0. The van der Waals surface area contributed by atoms with E-state index in [1.54, 1.807) is 17.0 Å². The van der Waals surface area contributed by atoms with Crippen molar-refractivity contribution in [3.8, 4) is 6.07 Å². The van der Waals surface area contributed by atoms with Crippen LogP contribution in [0.2, 0.25) is 0 Å². The van der Waals surface area contributed by atoms with Crippen molar-refractivity contribution in [2.75, 3.05) is 0 Å². The lowest BCUT2D eigenvalue weighted by Gasteiger charge is -1.99. The molecular formula is C19H13N5O. The average Bonchev–Trinajstić information content (AvgIpc) is 3.23. The van der Waals surface area contributed by atoms with Crippen molar-refractivity contribution < 1.29 is 4.79 Å². The van der Waals surface area contributed by atoms with Gasteiger partial charge in [-0.2, -0.15) is 5.26 Å². The van der Waals surface area contributed by atoms with Gasteiger partial charge in [0.1, 0.15) is 17.2 Å². The van der Waals surface area contributed by atoms with Crippen molar-refractivity contribution in [3.05, 3.63) is 65.4 Å². The van der Waals surface area contributed by atoms with Crippen molar-refractivity contribution in [1.82, 2.24) is 20.0 Å². The van der Waals surface area contributed by atoms with Crippen LogP contribution in [0.15, 0.2) is 54.2 Å². The van der Waals surface area contributed by atoms with Crippen LogP contribution >= 0.6 is 0 Å². The molecule has 0 atom stereocenters. The van der Waals surface area contributed by atoms with Gasteiger partial charge in [-0.25, -0.2) is 4.68 Å². The summed E-state index contributed by atoms with van der Waals surface area (Å²) < 4.78 is 1.67. The third kappa shape index (κ3) is 2.48. The molecule has 0 radical (unpaired) electrons. The molecule has 1 N–H and O–H groups in total. The van der Waals surface area contributed by atoms with Crippen LogP contribution < -0.4 is 0 Å². The van der Waals surface area contributed by atoms with Gasteiger partial charge in [-0.3, -0.25) is 4.79 Å². The molecule has 0 saturated heterocycles. The molecule has 0 unspecified atom stereocenters. The summed E-state index contributed by atoms with van der Waals surface area (Å²) in [6.07, 6.45) is 3.22. The van der Waals surface area contributed by atoms with Gasteiger partial charge in [0.15, 0.2) is 0 Å². The first-order valence-electron chi connectivity index (χ1n) is 7.69. The van der Waals surface area contributed by atoms with Crippen LogP contribution in [-0.2, 0) is 7.05 Å². The van der Waals surface area contributed by atoms with E-state index in [-0.39, 0.29) is 11.4 Å². The molecule has 4 aromatic rings. The van der Waals surface area contributed by atoms with E-state index in [1.165, 1.54) is 0 Å². The zero-order valence-corrected chi connectivity index (χ0v) is 13.4. The number of nitrogens with one attached hydrogen (secondary N) is 1. The monoisotopic (exact) mass is 327 g/mol. The fourth-order valence-electron chi connectivity index (χ4n) is 2.87. The number of benzene rings is 2. The van der Waals surface area contributed by atoms with E-state index < -0.39 is 0 Å². The number of carbonyl (C=O) groups excluding carboxylic acids is 1.